The molecular formula is C30H25ClN2O3. The monoisotopic (exact) mass is 496 g/mol. The van der Waals surface area contributed by atoms with E-state index in [0.717, 1.165) is 55.4 Å². The van der Waals surface area contributed by atoms with Gasteiger partial charge in [0.25, 0.3) is 5.91 Å². The van der Waals surface area contributed by atoms with E-state index in [1.54, 1.807) is 7.11 Å². The molecule has 0 aliphatic carbocycles. The Morgan fingerprint density at radius 2 is 1.83 bits per heavy atom. The highest BCUT2D eigenvalue weighted by atomic mass is 35.5. The number of benzene rings is 4. The molecule has 6 rings (SSSR count). The first-order valence-corrected chi connectivity index (χ1v) is 12.4. The molecule has 0 fully saturated rings. The second-order valence-corrected chi connectivity index (χ2v) is 9.47. The summed E-state index contributed by atoms with van der Waals surface area (Å²) in [5.74, 6) is 1.12. The minimum Gasteiger partial charge on any atom is -0.497 e. The molecule has 2 heterocycles. The lowest BCUT2D eigenvalue weighted by atomic mass is 9.90. The normalized spacial score (nSPS) is 15.0. The number of aliphatic hydroxyl groups excluding tert-OH is 1. The molecule has 1 unspecified atom stereocenters. The van der Waals surface area contributed by atoms with Crippen molar-refractivity contribution in [2.75, 3.05) is 24.4 Å². The van der Waals surface area contributed by atoms with Gasteiger partial charge >= 0.3 is 0 Å². The van der Waals surface area contributed by atoms with Crippen molar-refractivity contribution in [3.63, 3.8) is 0 Å². The van der Waals surface area contributed by atoms with Gasteiger partial charge in [-0.2, -0.15) is 0 Å². The Hall–Kier alpha value is -3.80. The van der Waals surface area contributed by atoms with Gasteiger partial charge in [-0.3, -0.25) is 4.79 Å². The average molecular weight is 497 g/mol. The molecule has 0 saturated heterocycles. The van der Waals surface area contributed by atoms with Gasteiger partial charge in [0.15, 0.2) is 0 Å². The number of aliphatic hydroxyl groups is 1. The Kier molecular flexibility index (Phi) is 5.67. The quantitative estimate of drug-likeness (QED) is 0.274. The van der Waals surface area contributed by atoms with Gasteiger partial charge in [0.05, 0.1) is 13.7 Å². The predicted octanol–water partition coefficient (Wildman–Crippen LogP) is 6.47. The summed E-state index contributed by atoms with van der Waals surface area (Å²) >= 11 is 6.46. The molecule has 0 radical (unpaired) electrons. The van der Waals surface area contributed by atoms with Gasteiger partial charge in [0.1, 0.15) is 11.4 Å². The Balaban J connectivity index is 1.50. The van der Waals surface area contributed by atoms with Crippen LogP contribution < -0.4 is 9.64 Å². The summed E-state index contributed by atoms with van der Waals surface area (Å²) in [4.78, 5) is 19.0. The van der Waals surface area contributed by atoms with E-state index < -0.39 is 0 Å². The van der Waals surface area contributed by atoms with Crippen LogP contribution in [0.4, 0.5) is 5.69 Å². The number of carbonyl (C=O) groups excluding carboxylic acids is 1. The number of hydrogen-bond donors (Lipinski definition) is 2. The molecule has 1 atom stereocenters. The number of H-pyrrole nitrogens is 1. The second kappa shape index (κ2) is 9.01. The third-order valence-corrected chi connectivity index (χ3v) is 7.48. The SMILES string of the molecule is COc1ccc2[nH]c(C(=O)N3CC(CCl)c4c3cc(-c3ccc(CO)cc3)c3ccccc43)cc2c1. The van der Waals surface area contributed by atoms with Crippen LogP contribution in [0.25, 0.3) is 32.8 Å². The van der Waals surface area contributed by atoms with Crippen molar-refractivity contribution < 1.29 is 14.6 Å². The van der Waals surface area contributed by atoms with Crippen molar-refractivity contribution in [1.82, 2.24) is 4.98 Å². The van der Waals surface area contributed by atoms with Crippen molar-refractivity contribution in [2.45, 2.75) is 12.5 Å². The van der Waals surface area contributed by atoms with Crippen molar-refractivity contribution in [2.24, 2.45) is 0 Å². The fourth-order valence-electron chi connectivity index (χ4n) is 5.29. The van der Waals surface area contributed by atoms with E-state index in [9.17, 15) is 9.90 Å². The molecule has 1 aliphatic heterocycles. The molecule has 180 valence electrons. The van der Waals surface area contributed by atoms with Crippen LogP contribution in [0.3, 0.4) is 0 Å². The molecule has 1 aliphatic rings. The molecule has 0 bridgehead atoms. The first-order valence-electron chi connectivity index (χ1n) is 11.9. The maximum Gasteiger partial charge on any atom is 0.274 e. The highest BCUT2D eigenvalue weighted by molar-refractivity contribution is 6.19. The van der Waals surface area contributed by atoms with Crippen LogP contribution in [0.2, 0.25) is 0 Å². The van der Waals surface area contributed by atoms with Gasteiger partial charge in [0.2, 0.25) is 0 Å². The zero-order chi connectivity index (χ0) is 24.8. The Morgan fingerprint density at radius 1 is 1.06 bits per heavy atom. The van der Waals surface area contributed by atoms with Gasteiger partial charge in [-0.05, 0) is 63.4 Å². The van der Waals surface area contributed by atoms with E-state index in [-0.39, 0.29) is 18.4 Å². The number of ether oxygens (including phenoxy) is 1. The molecule has 4 aromatic carbocycles. The summed E-state index contributed by atoms with van der Waals surface area (Å²) in [7, 11) is 1.63. The lowest BCUT2D eigenvalue weighted by molar-refractivity contribution is 0.0984. The van der Waals surface area contributed by atoms with E-state index in [0.29, 0.717) is 18.1 Å². The number of methoxy groups -OCH3 is 1. The first-order chi connectivity index (χ1) is 17.6. The van der Waals surface area contributed by atoms with Gasteiger partial charge in [-0.25, -0.2) is 0 Å². The Morgan fingerprint density at radius 3 is 2.56 bits per heavy atom. The third kappa shape index (κ3) is 3.63. The summed E-state index contributed by atoms with van der Waals surface area (Å²) in [5.41, 5.74) is 6.36. The number of aromatic amines is 1. The Labute approximate surface area is 213 Å². The number of halogens is 1. The van der Waals surface area contributed by atoms with Gasteiger partial charge in [-0.15, -0.1) is 11.6 Å². The highest BCUT2D eigenvalue weighted by Gasteiger charge is 2.35. The van der Waals surface area contributed by atoms with Crippen molar-refractivity contribution >= 4 is 44.9 Å². The minimum atomic E-state index is -0.0871. The standard InChI is InChI=1S/C30H25ClN2O3/c1-36-22-10-11-26-20(12-22)13-27(32-26)30(35)33-16-21(15-31)29-24-5-3-2-4-23(24)25(14-28(29)33)19-8-6-18(17-34)7-9-19/h2-14,21,32,34H,15-17H2,1H3. The topological polar surface area (TPSA) is 65.6 Å². The lowest BCUT2D eigenvalue weighted by Gasteiger charge is -2.19. The van der Waals surface area contributed by atoms with E-state index in [1.807, 2.05) is 65.6 Å². The maximum atomic E-state index is 13.9. The number of amides is 1. The van der Waals surface area contributed by atoms with Crippen LogP contribution in [-0.4, -0.2) is 35.5 Å². The third-order valence-electron chi connectivity index (χ3n) is 7.10. The molecule has 1 amide bonds. The second-order valence-electron chi connectivity index (χ2n) is 9.16. The van der Waals surface area contributed by atoms with Crippen LogP contribution in [0, 0.1) is 0 Å². The zero-order valence-corrected chi connectivity index (χ0v) is 20.5. The summed E-state index contributed by atoms with van der Waals surface area (Å²) in [5, 5.41) is 12.6. The predicted molar refractivity (Wildman–Crippen MR) is 145 cm³/mol. The van der Waals surface area contributed by atoms with E-state index in [1.165, 1.54) is 0 Å². The van der Waals surface area contributed by atoms with Gasteiger partial charge in [0, 0.05) is 34.9 Å². The fourth-order valence-corrected chi connectivity index (χ4v) is 5.54. The zero-order valence-electron chi connectivity index (χ0n) is 19.8. The van der Waals surface area contributed by atoms with E-state index in [2.05, 4.69) is 23.2 Å². The van der Waals surface area contributed by atoms with Crippen LogP contribution >= 0.6 is 11.6 Å². The smallest absolute Gasteiger partial charge is 0.274 e. The fraction of sp³-hybridized carbons (Fsp3) is 0.167. The van der Waals surface area contributed by atoms with Crippen LogP contribution in [0.5, 0.6) is 5.75 Å². The van der Waals surface area contributed by atoms with Crippen LogP contribution in [0.1, 0.15) is 27.5 Å². The molecular weight excluding hydrogens is 472 g/mol. The van der Waals surface area contributed by atoms with Gasteiger partial charge < -0.3 is 19.7 Å². The van der Waals surface area contributed by atoms with E-state index in [4.69, 9.17) is 16.3 Å². The number of carbonyl (C=O) groups is 1. The molecule has 5 nitrogen and oxygen atoms in total. The van der Waals surface area contributed by atoms with Crippen molar-refractivity contribution in [1.29, 1.82) is 0 Å². The summed E-state index contributed by atoms with van der Waals surface area (Å²) in [6.45, 7) is 0.522. The molecule has 2 N–H and O–H groups in total. The summed E-state index contributed by atoms with van der Waals surface area (Å²) in [6.07, 6.45) is 0. The highest BCUT2D eigenvalue weighted by Crippen LogP contribution is 2.46. The van der Waals surface area contributed by atoms with Crippen molar-refractivity contribution in [3.8, 4) is 16.9 Å². The first kappa shape index (κ1) is 22.7. The number of aromatic nitrogens is 1. The molecule has 6 heteroatoms. The number of rotatable bonds is 5. The van der Waals surface area contributed by atoms with Gasteiger partial charge in [-0.1, -0.05) is 48.5 Å². The maximum absolute atomic E-state index is 13.9. The summed E-state index contributed by atoms with van der Waals surface area (Å²) in [6, 6.07) is 25.9. The molecule has 36 heavy (non-hydrogen) atoms. The number of anilines is 1. The summed E-state index contributed by atoms with van der Waals surface area (Å²) < 4.78 is 5.34. The number of alkyl halides is 1. The number of fused-ring (bicyclic) bond motifs is 4. The number of hydrogen-bond acceptors (Lipinski definition) is 3. The molecule has 0 saturated carbocycles. The average Bonchev–Trinajstić information content (AvgIpc) is 3.53. The Bertz CT molecular complexity index is 1610. The molecule has 5 aromatic rings. The number of nitrogens with one attached hydrogen (secondary N) is 1. The van der Waals surface area contributed by atoms with Crippen LogP contribution in [-0.2, 0) is 6.61 Å². The number of nitrogens with zero attached hydrogens (tertiary/aromatic N) is 1. The van der Waals surface area contributed by atoms with Crippen LogP contribution in [0.15, 0.2) is 78.9 Å². The minimum absolute atomic E-state index is 0.00126. The van der Waals surface area contributed by atoms with E-state index >= 15 is 0 Å². The largest absolute Gasteiger partial charge is 0.497 e. The molecule has 0 spiro atoms. The molecule has 1 aromatic heterocycles. The lowest BCUT2D eigenvalue weighted by Crippen LogP contribution is -2.30. The van der Waals surface area contributed by atoms with Crippen molar-refractivity contribution in [3.05, 3.63) is 95.7 Å².